The summed E-state index contributed by atoms with van der Waals surface area (Å²) >= 11 is 0. The van der Waals surface area contributed by atoms with Crippen LogP contribution in [-0.4, -0.2) is 47.2 Å². The zero-order valence-electron chi connectivity index (χ0n) is 16.8. The van der Waals surface area contributed by atoms with Crippen LogP contribution in [0.5, 0.6) is 0 Å². The van der Waals surface area contributed by atoms with E-state index in [1.165, 1.54) is 11.0 Å². The lowest BCUT2D eigenvalue weighted by atomic mass is 10.1. The monoisotopic (exact) mass is 445 g/mol. The Morgan fingerprint density at radius 3 is 2.75 bits per heavy atom. The quantitative estimate of drug-likeness (QED) is 0.472. The molecule has 0 aliphatic heterocycles. The lowest BCUT2D eigenvalue weighted by Crippen LogP contribution is -2.32. The zero-order chi connectivity index (χ0) is 22.7. The Labute approximate surface area is 179 Å². The van der Waals surface area contributed by atoms with Crippen molar-refractivity contribution in [2.45, 2.75) is 26.1 Å². The van der Waals surface area contributed by atoms with E-state index < -0.39 is 17.8 Å². The molecule has 0 aliphatic carbocycles. The maximum Gasteiger partial charge on any atom is 0.417 e. The first-order chi connectivity index (χ1) is 15.3. The molecule has 0 aliphatic rings. The number of tetrazole rings is 1. The molecule has 2 amide bonds. The van der Waals surface area contributed by atoms with Gasteiger partial charge < -0.3 is 9.72 Å². The Bertz CT molecular complexity index is 1250. The average Bonchev–Trinajstić information content (AvgIpc) is 3.38. The number of nitrogens with one attached hydrogen (secondary N) is 2. The largest absolute Gasteiger partial charge is 0.417 e. The summed E-state index contributed by atoms with van der Waals surface area (Å²) in [5, 5.41) is 17.1. The Kier molecular flexibility index (Phi) is 5.71. The normalized spacial score (nSPS) is 11.6. The number of imidazole rings is 1. The maximum atomic E-state index is 13.0. The predicted molar refractivity (Wildman–Crippen MR) is 108 cm³/mol. The number of hydrogen-bond donors (Lipinski definition) is 2. The van der Waals surface area contributed by atoms with Crippen LogP contribution in [0.4, 0.5) is 23.8 Å². The van der Waals surface area contributed by atoms with Gasteiger partial charge in [-0.25, -0.2) is 9.78 Å². The van der Waals surface area contributed by atoms with Crippen LogP contribution in [-0.2, 0) is 19.1 Å². The number of aryl methyl sites for hydroxylation is 1. The Morgan fingerprint density at radius 2 is 2.00 bits per heavy atom. The summed E-state index contributed by atoms with van der Waals surface area (Å²) in [6.07, 6.45) is 1.51. The molecule has 0 spiro atoms. The highest BCUT2D eigenvalue weighted by atomic mass is 19.4. The van der Waals surface area contributed by atoms with Gasteiger partial charge in [-0.15, -0.1) is 10.2 Å². The summed E-state index contributed by atoms with van der Waals surface area (Å²) in [5.74, 6) is 0.911. The number of nitrogens with zero attached hydrogens (tertiary/aromatic N) is 7. The summed E-state index contributed by atoms with van der Waals surface area (Å²) in [6, 6.07) is 3.84. The summed E-state index contributed by atoms with van der Waals surface area (Å²) in [4.78, 5) is 21.5. The van der Waals surface area contributed by atoms with Crippen molar-refractivity contribution < 1.29 is 18.0 Å². The topological polar surface area (TPSA) is 115 Å². The number of halogens is 3. The highest BCUT2D eigenvalue weighted by molar-refractivity contribution is 5.88. The smallest absolute Gasteiger partial charge is 0.336 e. The predicted octanol–water partition coefficient (Wildman–Crippen LogP) is 2.79. The van der Waals surface area contributed by atoms with E-state index in [2.05, 4.69) is 36.0 Å². The molecule has 4 aromatic rings. The molecule has 0 saturated heterocycles. The number of amides is 2. The zero-order valence-corrected chi connectivity index (χ0v) is 16.8. The van der Waals surface area contributed by atoms with Crippen molar-refractivity contribution in [2.75, 3.05) is 11.9 Å². The number of alkyl halides is 3. The fraction of sp³-hybridized carbons (Fsp3) is 0.263. The SMILES string of the molecule is CCc1nnn(CCNC(=O)Nc2cn3cc(-c4cncc(C(F)(F)F)c4)ccc3n2)n1. The third-order valence-electron chi connectivity index (χ3n) is 4.50. The summed E-state index contributed by atoms with van der Waals surface area (Å²) in [7, 11) is 0. The third kappa shape index (κ3) is 4.82. The van der Waals surface area contributed by atoms with E-state index in [0.29, 0.717) is 35.6 Å². The van der Waals surface area contributed by atoms with Crippen LogP contribution in [0.2, 0.25) is 0 Å². The molecule has 0 aromatic carbocycles. The Morgan fingerprint density at radius 1 is 1.16 bits per heavy atom. The van der Waals surface area contributed by atoms with Crippen LogP contribution in [0.15, 0.2) is 43.0 Å². The van der Waals surface area contributed by atoms with E-state index in [1.807, 2.05) is 6.92 Å². The van der Waals surface area contributed by atoms with Gasteiger partial charge in [-0.3, -0.25) is 10.3 Å². The van der Waals surface area contributed by atoms with Gasteiger partial charge in [0, 0.05) is 42.7 Å². The molecular formula is C19H18F3N9O. The number of pyridine rings is 2. The molecule has 10 nitrogen and oxygen atoms in total. The molecule has 0 unspecified atom stereocenters. The molecule has 2 N–H and O–H groups in total. The van der Waals surface area contributed by atoms with E-state index in [9.17, 15) is 18.0 Å². The number of hydrogen-bond acceptors (Lipinski definition) is 6. The second kappa shape index (κ2) is 8.61. The molecular weight excluding hydrogens is 427 g/mol. The van der Waals surface area contributed by atoms with Crippen molar-refractivity contribution in [1.29, 1.82) is 0 Å². The van der Waals surface area contributed by atoms with Gasteiger partial charge in [-0.05, 0) is 23.4 Å². The number of anilines is 1. The number of carbonyl (C=O) groups excluding carboxylic acids is 1. The van der Waals surface area contributed by atoms with Crippen LogP contribution in [0.3, 0.4) is 0 Å². The molecule has 0 saturated carbocycles. The maximum absolute atomic E-state index is 13.0. The number of urea groups is 1. The summed E-state index contributed by atoms with van der Waals surface area (Å²) < 4.78 is 40.5. The van der Waals surface area contributed by atoms with Gasteiger partial charge >= 0.3 is 12.2 Å². The molecule has 0 fully saturated rings. The number of aromatic nitrogens is 7. The minimum atomic E-state index is -4.48. The Balaban J connectivity index is 1.41. The van der Waals surface area contributed by atoms with Gasteiger partial charge in [0.2, 0.25) is 0 Å². The summed E-state index contributed by atoms with van der Waals surface area (Å²) in [5.41, 5.74) is 0.529. The molecule has 32 heavy (non-hydrogen) atoms. The first-order valence-electron chi connectivity index (χ1n) is 9.65. The molecule has 0 bridgehead atoms. The molecule has 13 heteroatoms. The van der Waals surface area contributed by atoms with Gasteiger partial charge in [0.25, 0.3) is 0 Å². The van der Waals surface area contributed by atoms with Crippen molar-refractivity contribution in [1.82, 2.24) is 39.9 Å². The van der Waals surface area contributed by atoms with E-state index in [1.54, 1.807) is 28.9 Å². The summed E-state index contributed by atoms with van der Waals surface area (Å²) in [6.45, 7) is 2.56. The van der Waals surface area contributed by atoms with Crippen molar-refractivity contribution in [2.24, 2.45) is 0 Å². The van der Waals surface area contributed by atoms with E-state index in [0.717, 1.165) is 12.3 Å². The van der Waals surface area contributed by atoms with Gasteiger partial charge in [0.05, 0.1) is 18.3 Å². The second-order valence-electron chi connectivity index (χ2n) is 6.81. The standard InChI is InChI=1S/C19H18F3N9O/c1-2-15-27-29-31(28-15)6-5-24-18(32)26-16-11-30-10-12(3-4-17(30)25-16)13-7-14(9-23-8-13)19(20,21)22/h3-4,7-11H,2,5-6H2,1H3,(H2,24,26,32). The third-order valence-corrected chi connectivity index (χ3v) is 4.50. The lowest BCUT2D eigenvalue weighted by molar-refractivity contribution is -0.137. The van der Waals surface area contributed by atoms with Crippen LogP contribution in [0.25, 0.3) is 16.8 Å². The number of rotatable bonds is 6. The fourth-order valence-corrected chi connectivity index (χ4v) is 2.92. The van der Waals surface area contributed by atoms with Gasteiger partial charge in [0.15, 0.2) is 11.6 Å². The van der Waals surface area contributed by atoms with Crippen molar-refractivity contribution in [3.05, 3.63) is 54.4 Å². The molecule has 4 heterocycles. The van der Waals surface area contributed by atoms with Crippen LogP contribution in [0, 0.1) is 0 Å². The van der Waals surface area contributed by atoms with Crippen LogP contribution in [0.1, 0.15) is 18.3 Å². The van der Waals surface area contributed by atoms with Crippen molar-refractivity contribution in [3.63, 3.8) is 0 Å². The number of carbonyl (C=O) groups is 1. The van der Waals surface area contributed by atoms with Gasteiger partial charge in [-0.1, -0.05) is 6.92 Å². The highest BCUT2D eigenvalue weighted by Gasteiger charge is 2.31. The molecule has 0 radical (unpaired) electrons. The second-order valence-corrected chi connectivity index (χ2v) is 6.81. The van der Waals surface area contributed by atoms with Crippen LogP contribution < -0.4 is 10.6 Å². The fourth-order valence-electron chi connectivity index (χ4n) is 2.92. The molecule has 4 aromatic heterocycles. The lowest BCUT2D eigenvalue weighted by Gasteiger charge is -2.08. The van der Waals surface area contributed by atoms with Crippen molar-refractivity contribution in [3.8, 4) is 11.1 Å². The Hall–Kier alpha value is -4.03. The minimum absolute atomic E-state index is 0.283. The van der Waals surface area contributed by atoms with Crippen LogP contribution >= 0.6 is 0 Å². The minimum Gasteiger partial charge on any atom is -0.336 e. The van der Waals surface area contributed by atoms with E-state index in [4.69, 9.17) is 0 Å². The average molecular weight is 445 g/mol. The molecule has 4 rings (SSSR count). The van der Waals surface area contributed by atoms with Gasteiger partial charge in [0.1, 0.15) is 5.65 Å². The molecule has 166 valence electrons. The number of fused-ring (bicyclic) bond motifs is 1. The molecule has 0 atom stereocenters. The van der Waals surface area contributed by atoms with Gasteiger partial charge in [-0.2, -0.15) is 18.0 Å². The van der Waals surface area contributed by atoms with E-state index in [-0.39, 0.29) is 12.4 Å². The highest BCUT2D eigenvalue weighted by Crippen LogP contribution is 2.31. The van der Waals surface area contributed by atoms with Crippen molar-refractivity contribution >= 4 is 17.5 Å². The van der Waals surface area contributed by atoms with E-state index >= 15 is 0 Å². The first-order valence-corrected chi connectivity index (χ1v) is 9.65. The first kappa shape index (κ1) is 21.2.